The van der Waals surface area contributed by atoms with Crippen LogP contribution >= 0.6 is 11.6 Å². The Morgan fingerprint density at radius 1 is 1.43 bits per heavy atom. The van der Waals surface area contributed by atoms with E-state index in [1.807, 2.05) is 17.0 Å². The molecular formula is C14H16ClN3O3. The molecule has 0 radical (unpaired) electrons. The molecule has 6 nitrogen and oxygen atoms in total. The highest BCUT2D eigenvalue weighted by molar-refractivity contribution is 6.33. The summed E-state index contributed by atoms with van der Waals surface area (Å²) < 4.78 is 5.57. The Balaban J connectivity index is 2.04. The summed E-state index contributed by atoms with van der Waals surface area (Å²) in [6.45, 7) is 2.44. The van der Waals surface area contributed by atoms with Crippen molar-refractivity contribution in [2.45, 2.75) is 13.5 Å². The quantitative estimate of drug-likeness (QED) is 0.883. The number of carbonyl (C=O) groups is 1. The summed E-state index contributed by atoms with van der Waals surface area (Å²) >= 11 is 6.07. The van der Waals surface area contributed by atoms with Crippen LogP contribution in [0.5, 0.6) is 0 Å². The van der Waals surface area contributed by atoms with Crippen molar-refractivity contribution in [2.24, 2.45) is 5.92 Å². The molecule has 112 valence electrons. The number of rotatable bonds is 6. The highest BCUT2D eigenvalue weighted by atomic mass is 35.5. The van der Waals surface area contributed by atoms with Gasteiger partial charge in [-0.25, -0.2) is 0 Å². The van der Waals surface area contributed by atoms with Crippen LogP contribution in [0.4, 0.5) is 0 Å². The molecule has 7 heteroatoms. The SMILES string of the molecule is CC(CN(C)Cc1nnc(-c2ccccc2Cl)o1)C(=O)O. The van der Waals surface area contributed by atoms with E-state index in [1.165, 1.54) is 0 Å². The van der Waals surface area contributed by atoms with Gasteiger partial charge < -0.3 is 9.52 Å². The first-order chi connectivity index (χ1) is 9.97. The van der Waals surface area contributed by atoms with Gasteiger partial charge in [-0.15, -0.1) is 10.2 Å². The number of halogens is 1. The van der Waals surface area contributed by atoms with E-state index >= 15 is 0 Å². The Hall–Kier alpha value is -1.92. The zero-order valence-corrected chi connectivity index (χ0v) is 12.5. The zero-order chi connectivity index (χ0) is 15.4. The van der Waals surface area contributed by atoms with Crippen LogP contribution in [-0.2, 0) is 11.3 Å². The van der Waals surface area contributed by atoms with E-state index in [2.05, 4.69) is 10.2 Å². The molecule has 1 aromatic heterocycles. The van der Waals surface area contributed by atoms with Gasteiger partial charge >= 0.3 is 5.97 Å². The van der Waals surface area contributed by atoms with Crippen molar-refractivity contribution < 1.29 is 14.3 Å². The van der Waals surface area contributed by atoms with Gasteiger partial charge in [0.05, 0.1) is 23.0 Å². The van der Waals surface area contributed by atoms with Gasteiger partial charge in [-0.1, -0.05) is 30.7 Å². The average Bonchev–Trinajstić information content (AvgIpc) is 2.87. The smallest absolute Gasteiger partial charge is 0.307 e. The summed E-state index contributed by atoms with van der Waals surface area (Å²) in [6, 6.07) is 7.22. The number of aromatic nitrogens is 2. The molecule has 0 fully saturated rings. The second-order valence-corrected chi connectivity index (χ2v) is 5.32. The molecule has 0 saturated carbocycles. The Morgan fingerprint density at radius 2 is 2.14 bits per heavy atom. The molecule has 0 amide bonds. The van der Waals surface area contributed by atoms with Gasteiger partial charge in [-0.2, -0.15) is 0 Å². The highest BCUT2D eigenvalue weighted by Crippen LogP contribution is 2.26. The topological polar surface area (TPSA) is 79.5 Å². The minimum absolute atomic E-state index is 0.357. The standard InChI is InChI=1S/C14H16ClN3O3/c1-9(14(19)20)7-18(2)8-12-16-17-13(21-12)10-5-3-4-6-11(10)15/h3-6,9H,7-8H2,1-2H3,(H,19,20). The molecule has 0 bridgehead atoms. The molecule has 0 aliphatic heterocycles. The van der Waals surface area contributed by atoms with Crippen molar-refractivity contribution in [1.82, 2.24) is 15.1 Å². The first-order valence-electron chi connectivity index (χ1n) is 6.46. The van der Waals surface area contributed by atoms with Gasteiger partial charge in [0.25, 0.3) is 0 Å². The third-order valence-electron chi connectivity index (χ3n) is 2.98. The molecule has 2 aromatic rings. The summed E-state index contributed by atoms with van der Waals surface area (Å²) in [5.74, 6) is -0.509. The molecule has 21 heavy (non-hydrogen) atoms. The van der Waals surface area contributed by atoms with E-state index in [4.69, 9.17) is 21.1 Å². The van der Waals surface area contributed by atoms with E-state index in [9.17, 15) is 4.79 Å². The van der Waals surface area contributed by atoms with Crippen molar-refractivity contribution in [3.05, 3.63) is 35.2 Å². The first kappa shape index (κ1) is 15.5. The third kappa shape index (κ3) is 4.03. The van der Waals surface area contributed by atoms with Crippen LogP contribution in [0.2, 0.25) is 5.02 Å². The van der Waals surface area contributed by atoms with Gasteiger partial charge in [-0.3, -0.25) is 9.69 Å². The average molecular weight is 310 g/mol. The second kappa shape index (κ2) is 6.69. The highest BCUT2D eigenvalue weighted by Gasteiger charge is 2.16. The largest absolute Gasteiger partial charge is 0.481 e. The number of nitrogens with zero attached hydrogens (tertiary/aromatic N) is 3. The lowest BCUT2D eigenvalue weighted by Gasteiger charge is -2.16. The van der Waals surface area contributed by atoms with E-state index in [1.54, 1.807) is 26.1 Å². The summed E-state index contributed by atoms with van der Waals surface area (Å²) in [5.41, 5.74) is 0.680. The molecule has 2 rings (SSSR count). The third-order valence-corrected chi connectivity index (χ3v) is 3.31. The van der Waals surface area contributed by atoms with Crippen LogP contribution in [0.25, 0.3) is 11.5 Å². The van der Waals surface area contributed by atoms with Crippen molar-refractivity contribution in [1.29, 1.82) is 0 Å². The van der Waals surface area contributed by atoms with Crippen LogP contribution in [-0.4, -0.2) is 39.8 Å². The van der Waals surface area contributed by atoms with E-state index in [0.717, 1.165) is 0 Å². The normalized spacial score (nSPS) is 12.6. The zero-order valence-electron chi connectivity index (χ0n) is 11.8. The lowest BCUT2D eigenvalue weighted by molar-refractivity contribution is -0.141. The molecule has 1 aromatic carbocycles. The summed E-state index contributed by atoms with van der Waals surface area (Å²) in [6.07, 6.45) is 0. The Morgan fingerprint density at radius 3 is 2.81 bits per heavy atom. The maximum absolute atomic E-state index is 10.8. The maximum atomic E-state index is 10.8. The maximum Gasteiger partial charge on any atom is 0.307 e. The number of aliphatic carboxylic acids is 1. The van der Waals surface area contributed by atoms with Gasteiger partial charge in [0.15, 0.2) is 0 Å². The Bertz CT molecular complexity index is 629. The summed E-state index contributed by atoms with van der Waals surface area (Å²) in [5, 5.41) is 17.4. The molecule has 1 atom stereocenters. The molecule has 0 spiro atoms. The predicted octanol–water partition coefficient (Wildman–Crippen LogP) is 2.54. The van der Waals surface area contributed by atoms with Crippen molar-refractivity contribution in [2.75, 3.05) is 13.6 Å². The van der Waals surface area contributed by atoms with E-state index in [-0.39, 0.29) is 0 Å². The Labute approximate surface area is 127 Å². The van der Waals surface area contributed by atoms with Crippen LogP contribution < -0.4 is 0 Å². The Kier molecular flexibility index (Phi) is 4.93. The molecule has 0 aliphatic rings. The molecular weight excluding hydrogens is 294 g/mol. The van der Waals surface area contributed by atoms with Crippen LogP contribution in [0.3, 0.4) is 0 Å². The first-order valence-corrected chi connectivity index (χ1v) is 6.83. The van der Waals surface area contributed by atoms with Crippen LogP contribution in [0.15, 0.2) is 28.7 Å². The number of carboxylic acid groups (broad SMARTS) is 1. The van der Waals surface area contributed by atoms with Crippen LogP contribution in [0, 0.1) is 5.92 Å². The van der Waals surface area contributed by atoms with Crippen molar-refractivity contribution >= 4 is 17.6 Å². The summed E-state index contributed by atoms with van der Waals surface area (Å²) in [4.78, 5) is 12.6. The monoisotopic (exact) mass is 309 g/mol. The lowest BCUT2D eigenvalue weighted by atomic mass is 10.2. The molecule has 0 saturated heterocycles. The fraction of sp³-hybridized carbons (Fsp3) is 0.357. The molecule has 0 aliphatic carbocycles. The van der Waals surface area contributed by atoms with Gasteiger partial charge in [0.1, 0.15) is 0 Å². The van der Waals surface area contributed by atoms with E-state index in [0.29, 0.717) is 35.5 Å². The summed E-state index contributed by atoms with van der Waals surface area (Å²) in [7, 11) is 1.80. The molecule has 1 heterocycles. The predicted molar refractivity (Wildman–Crippen MR) is 77.9 cm³/mol. The van der Waals surface area contributed by atoms with Gasteiger partial charge in [0, 0.05) is 6.54 Å². The van der Waals surface area contributed by atoms with Crippen molar-refractivity contribution in [3.8, 4) is 11.5 Å². The lowest BCUT2D eigenvalue weighted by Crippen LogP contribution is -2.28. The fourth-order valence-corrected chi connectivity index (χ4v) is 2.12. The second-order valence-electron chi connectivity index (χ2n) is 4.92. The number of carboxylic acids is 1. The number of benzene rings is 1. The van der Waals surface area contributed by atoms with Gasteiger partial charge in [0.2, 0.25) is 11.8 Å². The van der Waals surface area contributed by atoms with Crippen molar-refractivity contribution in [3.63, 3.8) is 0 Å². The van der Waals surface area contributed by atoms with E-state index < -0.39 is 11.9 Å². The fourth-order valence-electron chi connectivity index (χ4n) is 1.90. The molecule has 1 unspecified atom stereocenters. The number of hydrogen-bond acceptors (Lipinski definition) is 5. The minimum Gasteiger partial charge on any atom is -0.481 e. The van der Waals surface area contributed by atoms with Crippen LogP contribution in [0.1, 0.15) is 12.8 Å². The number of hydrogen-bond donors (Lipinski definition) is 1. The van der Waals surface area contributed by atoms with Gasteiger partial charge in [-0.05, 0) is 19.2 Å². The molecule has 1 N–H and O–H groups in total. The minimum atomic E-state index is -0.830.